The summed E-state index contributed by atoms with van der Waals surface area (Å²) in [6.07, 6.45) is 3.16. The Morgan fingerprint density at radius 3 is 2.83 bits per heavy atom. The molecule has 3 rings (SSSR count). The van der Waals surface area contributed by atoms with Crippen molar-refractivity contribution in [2.75, 3.05) is 7.05 Å². The van der Waals surface area contributed by atoms with E-state index in [9.17, 15) is 9.90 Å². The number of nitrogens with one attached hydrogen (secondary N) is 1. The van der Waals surface area contributed by atoms with Gasteiger partial charge < -0.3 is 15.0 Å². The molecule has 0 aliphatic carbocycles. The number of phenolic OH excluding ortho intramolecular Hbond substituents is 1. The number of amides is 1. The number of hydrogen-bond donors (Lipinski definition) is 2. The number of hydrogen-bond acceptors (Lipinski definition) is 2. The minimum absolute atomic E-state index is 0.0959. The molecule has 0 atom stereocenters. The molecule has 2 aromatic carbocycles. The summed E-state index contributed by atoms with van der Waals surface area (Å²) in [5, 5.41) is 10.7. The van der Waals surface area contributed by atoms with Crippen LogP contribution < -0.4 is 0 Å². The molecule has 1 aromatic heterocycles. The Bertz CT molecular complexity index is 823. The van der Waals surface area contributed by atoms with Crippen molar-refractivity contribution >= 4 is 16.8 Å². The lowest BCUT2D eigenvalue weighted by Crippen LogP contribution is -2.26. The van der Waals surface area contributed by atoms with Crippen molar-refractivity contribution < 1.29 is 9.90 Å². The summed E-state index contributed by atoms with van der Waals surface area (Å²) in [5.41, 5.74) is 3.19. The number of para-hydroxylation sites is 1. The van der Waals surface area contributed by atoms with Gasteiger partial charge in [0.15, 0.2) is 0 Å². The Morgan fingerprint density at radius 1 is 1.17 bits per heavy atom. The number of carbonyl (C=O) groups excluding carboxylic acids is 1. The molecule has 0 saturated carbocycles. The first kappa shape index (κ1) is 15.2. The number of benzene rings is 2. The summed E-state index contributed by atoms with van der Waals surface area (Å²) in [7, 11) is 1.79. The molecule has 2 N–H and O–H groups in total. The van der Waals surface area contributed by atoms with E-state index in [-0.39, 0.29) is 11.7 Å². The van der Waals surface area contributed by atoms with Crippen LogP contribution in [0.2, 0.25) is 0 Å². The van der Waals surface area contributed by atoms with Crippen LogP contribution in [0.25, 0.3) is 10.9 Å². The molecule has 0 aliphatic heterocycles. The van der Waals surface area contributed by atoms with Gasteiger partial charge in [0.1, 0.15) is 5.75 Å². The second-order valence-electron chi connectivity index (χ2n) is 5.78. The SMILES string of the molecule is CN(Cc1cccc(O)c1)C(=O)CCc1c[nH]c2ccccc12. The molecule has 3 aromatic rings. The number of H-pyrrole nitrogens is 1. The largest absolute Gasteiger partial charge is 0.508 e. The van der Waals surface area contributed by atoms with Gasteiger partial charge in [0.2, 0.25) is 5.91 Å². The van der Waals surface area contributed by atoms with Gasteiger partial charge in [-0.05, 0) is 35.7 Å². The Labute approximate surface area is 135 Å². The van der Waals surface area contributed by atoms with Crippen molar-refractivity contribution in [1.29, 1.82) is 0 Å². The van der Waals surface area contributed by atoms with Crippen LogP contribution in [0.3, 0.4) is 0 Å². The molecular weight excluding hydrogens is 288 g/mol. The fourth-order valence-electron chi connectivity index (χ4n) is 2.79. The van der Waals surface area contributed by atoms with Gasteiger partial charge in [-0.25, -0.2) is 0 Å². The second-order valence-corrected chi connectivity index (χ2v) is 5.78. The summed E-state index contributed by atoms with van der Waals surface area (Å²) in [5.74, 6) is 0.320. The Hall–Kier alpha value is -2.75. The number of aromatic hydroxyl groups is 1. The summed E-state index contributed by atoms with van der Waals surface area (Å²) in [6.45, 7) is 0.501. The molecule has 0 radical (unpaired) electrons. The van der Waals surface area contributed by atoms with Crippen molar-refractivity contribution in [2.24, 2.45) is 0 Å². The fourth-order valence-corrected chi connectivity index (χ4v) is 2.79. The molecule has 4 nitrogen and oxygen atoms in total. The van der Waals surface area contributed by atoms with Crippen LogP contribution in [0.1, 0.15) is 17.5 Å². The smallest absolute Gasteiger partial charge is 0.222 e. The number of aryl methyl sites for hydroxylation is 1. The van der Waals surface area contributed by atoms with E-state index in [1.165, 1.54) is 10.9 Å². The van der Waals surface area contributed by atoms with Gasteiger partial charge in [-0.1, -0.05) is 30.3 Å². The van der Waals surface area contributed by atoms with E-state index in [4.69, 9.17) is 0 Å². The van der Waals surface area contributed by atoms with Crippen LogP contribution in [0, 0.1) is 0 Å². The Balaban J connectivity index is 1.60. The molecule has 1 heterocycles. The first-order valence-electron chi connectivity index (χ1n) is 7.70. The van der Waals surface area contributed by atoms with Gasteiger partial charge >= 0.3 is 0 Å². The van der Waals surface area contributed by atoms with Gasteiger partial charge in [-0.15, -0.1) is 0 Å². The Morgan fingerprint density at radius 2 is 2.00 bits per heavy atom. The summed E-state index contributed by atoms with van der Waals surface area (Å²) < 4.78 is 0. The van der Waals surface area contributed by atoms with Gasteiger partial charge in [0, 0.05) is 37.1 Å². The maximum atomic E-state index is 12.3. The molecule has 0 bridgehead atoms. The van der Waals surface area contributed by atoms with Crippen molar-refractivity contribution in [3.8, 4) is 5.75 Å². The lowest BCUT2D eigenvalue weighted by Gasteiger charge is -2.17. The van der Waals surface area contributed by atoms with E-state index in [0.717, 1.165) is 11.1 Å². The van der Waals surface area contributed by atoms with Gasteiger partial charge in [-0.3, -0.25) is 4.79 Å². The predicted octanol–water partition coefficient (Wildman–Crippen LogP) is 3.46. The summed E-state index contributed by atoms with van der Waals surface area (Å²) >= 11 is 0. The highest BCUT2D eigenvalue weighted by atomic mass is 16.3. The average molecular weight is 308 g/mol. The zero-order chi connectivity index (χ0) is 16.2. The molecule has 1 amide bonds. The van der Waals surface area contributed by atoms with E-state index >= 15 is 0 Å². The zero-order valence-corrected chi connectivity index (χ0v) is 13.1. The van der Waals surface area contributed by atoms with E-state index < -0.39 is 0 Å². The van der Waals surface area contributed by atoms with Crippen LogP contribution >= 0.6 is 0 Å². The quantitative estimate of drug-likeness (QED) is 0.758. The molecule has 0 saturated heterocycles. The van der Waals surface area contributed by atoms with E-state index in [2.05, 4.69) is 11.1 Å². The van der Waals surface area contributed by atoms with Crippen LogP contribution in [-0.4, -0.2) is 27.9 Å². The van der Waals surface area contributed by atoms with Crippen molar-refractivity contribution in [2.45, 2.75) is 19.4 Å². The third-order valence-corrected chi connectivity index (χ3v) is 4.04. The standard InChI is InChI=1S/C19H20N2O2/c1-21(13-14-5-4-6-16(22)11-14)19(23)10-9-15-12-20-18-8-3-2-7-17(15)18/h2-8,11-12,20,22H,9-10,13H2,1H3. The third-order valence-electron chi connectivity index (χ3n) is 4.04. The number of rotatable bonds is 5. The number of fused-ring (bicyclic) bond motifs is 1. The van der Waals surface area contributed by atoms with E-state index in [0.29, 0.717) is 19.4 Å². The zero-order valence-electron chi connectivity index (χ0n) is 13.1. The highest BCUT2D eigenvalue weighted by molar-refractivity contribution is 5.84. The second kappa shape index (κ2) is 6.57. The van der Waals surface area contributed by atoms with Crippen LogP contribution in [-0.2, 0) is 17.8 Å². The number of carbonyl (C=O) groups is 1. The highest BCUT2D eigenvalue weighted by Crippen LogP contribution is 2.19. The van der Waals surface area contributed by atoms with Gasteiger partial charge in [0.05, 0.1) is 0 Å². The normalized spacial score (nSPS) is 10.8. The number of aromatic amines is 1. The third kappa shape index (κ3) is 3.54. The average Bonchev–Trinajstić information content (AvgIpc) is 2.96. The molecule has 0 spiro atoms. The van der Waals surface area contributed by atoms with Crippen LogP contribution in [0.5, 0.6) is 5.75 Å². The maximum absolute atomic E-state index is 12.3. The fraction of sp³-hybridized carbons (Fsp3) is 0.211. The predicted molar refractivity (Wildman–Crippen MR) is 91.2 cm³/mol. The van der Waals surface area contributed by atoms with Gasteiger partial charge in [0.25, 0.3) is 0 Å². The molecule has 4 heteroatoms. The van der Waals surface area contributed by atoms with Crippen molar-refractivity contribution in [1.82, 2.24) is 9.88 Å². The van der Waals surface area contributed by atoms with Crippen molar-refractivity contribution in [3.05, 3.63) is 65.9 Å². The monoisotopic (exact) mass is 308 g/mol. The van der Waals surface area contributed by atoms with Crippen LogP contribution in [0.15, 0.2) is 54.7 Å². The van der Waals surface area contributed by atoms with Gasteiger partial charge in [-0.2, -0.15) is 0 Å². The summed E-state index contributed by atoms with van der Waals surface area (Å²) in [4.78, 5) is 17.2. The molecule has 118 valence electrons. The van der Waals surface area contributed by atoms with Crippen molar-refractivity contribution in [3.63, 3.8) is 0 Å². The first-order valence-corrected chi connectivity index (χ1v) is 7.70. The molecule has 0 fully saturated rings. The molecule has 23 heavy (non-hydrogen) atoms. The number of nitrogens with zero attached hydrogens (tertiary/aromatic N) is 1. The lowest BCUT2D eigenvalue weighted by atomic mass is 10.1. The Kier molecular flexibility index (Phi) is 4.33. The number of phenols is 1. The molecule has 0 aliphatic rings. The molecule has 0 unspecified atom stereocenters. The van der Waals surface area contributed by atoms with Crippen LogP contribution in [0.4, 0.5) is 0 Å². The topological polar surface area (TPSA) is 56.3 Å². The minimum atomic E-state index is 0.0959. The van der Waals surface area contributed by atoms with E-state index in [1.54, 1.807) is 30.1 Å². The minimum Gasteiger partial charge on any atom is -0.508 e. The molecular formula is C19H20N2O2. The number of aromatic nitrogens is 1. The maximum Gasteiger partial charge on any atom is 0.222 e. The highest BCUT2D eigenvalue weighted by Gasteiger charge is 2.11. The summed E-state index contributed by atoms with van der Waals surface area (Å²) in [6, 6.07) is 15.1. The lowest BCUT2D eigenvalue weighted by molar-refractivity contribution is -0.130. The first-order chi connectivity index (χ1) is 11.1. The van der Waals surface area contributed by atoms with E-state index in [1.807, 2.05) is 30.5 Å².